The second kappa shape index (κ2) is 6.49. The molecule has 1 unspecified atom stereocenters. The van der Waals surface area contributed by atoms with E-state index in [0.717, 1.165) is 47.2 Å². The predicted octanol–water partition coefficient (Wildman–Crippen LogP) is 4.03. The maximum atomic E-state index is 12.8. The second-order valence-corrected chi connectivity index (χ2v) is 7.55. The Morgan fingerprint density at radius 1 is 1.33 bits per heavy atom. The Kier molecular flexibility index (Phi) is 5.10. The fraction of sp³-hybridized carbons (Fsp3) is 0.588. The number of aryl methyl sites for hydroxylation is 2. The highest BCUT2D eigenvalue weighted by molar-refractivity contribution is 9.10. The Morgan fingerprint density at radius 3 is 2.48 bits per heavy atom. The van der Waals surface area contributed by atoms with Crippen LogP contribution in [-0.2, 0) is 4.79 Å². The van der Waals surface area contributed by atoms with Crippen molar-refractivity contribution in [1.82, 2.24) is 5.32 Å². The molecule has 4 heteroatoms. The summed E-state index contributed by atoms with van der Waals surface area (Å²) < 4.78 is 1.05. The summed E-state index contributed by atoms with van der Waals surface area (Å²) in [7, 11) is 0. The molecule has 0 bridgehead atoms. The number of carbonyl (C=O) groups is 1. The minimum Gasteiger partial charge on any atom is -0.325 e. The van der Waals surface area contributed by atoms with E-state index in [1.54, 1.807) is 0 Å². The van der Waals surface area contributed by atoms with Crippen LogP contribution in [0.1, 0.15) is 37.8 Å². The first-order chi connectivity index (χ1) is 9.82. The predicted molar refractivity (Wildman–Crippen MR) is 91.6 cm³/mol. The SMILES string of the molecule is Cc1cc(Br)cc(C)c1NC(=O)C(C)(C)C1CCCNC1. The maximum Gasteiger partial charge on any atom is 0.230 e. The van der Waals surface area contributed by atoms with Gasteiger partial charge in [-0.2, -0.15) is 0 Å². The Hall–Kier alpha value is -0.870. The highest BCUT2D eigenvalue weighted by atomic mass is 79.9. The summed E-state index contributed by atoms with van der Waals surface area (Å²) in [5.41, 5.74) is 2.76. The molecule has 1 aliphatic rings. The van der Waals surface area contributed by atoms with Crippen molar-refractivity contribution in [3.63, 3.8) is 0 Å². The molecule has 2 N–H and O–H groups in total. The average Bonchev–Trinajstić information content (AvgIpc) is 2.43. The molecule has 1 aromatic rings. The van der Waals surface area contributed by atoms with Crippen LogP contribution in [0.2, 0.25) is 0 Å². The summed E-state index contributed by atoms with van der Waals surface area (Å²) in [6.45, 7) is 10.2. The molecule has 2 rings (SSSR count). The Morgan fingerprint density at radius 2 is 1.95 bits per heavy atom. The van der Waals surface area contributed by atoms with E-state index in [1.165, 1.54) is 0 Å². The minimum absolute atomic E-state index is 0.115. The molecular formula is C17H25BrN2O. The average molecular weight is 353 g/mol. The van der Waals surface area contributed by atoms with E-state index in [-0.39, 0.29) is 11.3 Å². The van der Waals surface area contributed by atoms with Gasteiger partial charge in [0, 0.05) is 15.6 Å². The van der Waals surface area contributed by atoms with Crippen molar-refractivity contribution < 1.29 is 4.79 Å². The number of amides is 1. The zero-order valence-corrected chi connectivity index (χ0v) is 14.9. The van der Waals surface area contributed by atoms with Crippen molar-refractivity contribution in [1.29, 1.82) is 0 Å². The zero-order chi connectivity index (χ0) is 15.6. The van der Waals surface area contributed by atoms with Crippen molar-refractivity contribution in [2.75, 3.05) is 18.4 Å². The normalized spacial score (nSPS) is 19.4. The van der Waals surface area contributed by atoms with E-state index in [0.29, 0.717) is 5.92 Å². The van der Waals surface area contributed by atoms with Gasteiger partial charge in [-0.3, -0.25) is 4.79 Å². The lowest BCUT2D eigenvalue weighted by molar-refractivity contribution is -0.127. The van der Waals surface area contributed by atoms with Gasteiger partial charge in [0.1, 0.15) is 0 Å². The van der Waals surface area contributed by atoms with Gasteiger partial charge in [-0.05, 0) is 69.0 Å². The van der Waals surface area contributed by atoms with Gasteiger partial charge in [-0.1, -0.05) is 29.8 Å². The van der Waals surface area contributed by atoms with Crippen molar-refractivity contribution >= 4 is 27.5 Å². The van der Waals surface area contributed by atoms with Crippen molar-refractivity contribution in [2.45, 2.75) is 40.5 Å². The van der Waals surface area contributed by atoms with Crippen LogP contribution in [0.4, 0.5) is 5.69 Å². The number of anilines is 1. The van der Waals surface area contributed by atoms with Gasteiger partial charge in [-0.15, -0.1) is 0 Å². The van der Waals surface area contributed by atoms with Crippen LogP contribution >= 0.6 is 15.9 Å². The summed E-state index contributed by atoms with van der Waals surface area (Å²) in [6.07, 6.45) is 2.27. The topological polar surface area (TPSA) is 41.1 Å². The Labute approximate surface area is 136 Å². The van der Waals surface area contributed by atoms with Crippen LogP contribution in [0.5, 0.6) is 0 Å². The molecule has 1 heterocycles. The van der Waals surface area contributed by atoms with Crippen LogP contribution in [0.15, 0.2) is 16.6 Å². The van der Waals surface area contributed by atoms with E-state index < -0.39 is 0 Å². The number of nitrogens with one attached hydrogen (secondary N) is 2. The smallest absolute Gasteiger partial charge is 0.230 e. The number of carbonyl (C=O) groups excluding carboxylic acids is 1. The van der Waals surface area contributed by atoms with Crippen LogP contribution in [0, 0.1) is 25.2 Å². The van der Waals surface area contributed by atoms with Gasteiger partial charge in [0.25, 0.3) is 0 Å². The highest BCUT2D eigenvalue weighted by Crippen LogP contribution is 2.34. The standard InChI is InChI=1S/C17H25BrN2O/c1-11-8-14(18)9-12(2)15(11)20-16(21)17(3,4)13-6-5-7-19-10-13/h8-9,13,19H,5-7,10H2,1-4H3,(H,20,21). The second-order valence-electron chi connectivity index (χ2n) is 6.63. The first-order valence-electron chi connectivity index (χ1n) is 7.61. The third-order valence-electron chi connectivity index (χ3n) is 4.64. The number of rotatable bonds is 3. The number of hydrogen-bond acceptors (Lipinski definition) is 2. The van der Waals surface area contributed by atoms with Crippen LogP contribution in [0.25, 0.3) is 0 Å². The zero-order valence-electron chi connectivity index (χ0n) is 13.3. The molecule has 1 aliphatic heterocycles. The van der Waals surface area contributed by atoms with E-state index in [2.05, 4.69) is 40.4 Å². The molecule has 0 saturated carbocycles. The van der Waals surface area contributed by atoms with Gasteiger partial charge < -0.3 is 10.6 Å². The molecule has 0 radical (unpaired) electrons. The van der Waals surface area contributed by atoms with Crippen LogP contribution < -0.4 is 10.6 Å². The van der Waals surface area contributed by atoms with Crippen molar-refractivity contribution in [3.8, 4) is 0 Å². The van der Waals surface area contributed by atoms with Gasteiger partial charge in [0.15, 0.2) is 0 Å². The number of piperidine rings is 1. The summed E-state index contributed by atoms with van der Waals surface area (Å²) >= 11 is 3.49. The molecule has 0 aliphatic carbocycles. The molecular weight excluding hydrogens is 328 g/mol. The van der Waals surface area contributed by atoms with E-state index in [9.17, 15) is 4.79 Å². The molecule has 1 saturated heterocycles. The molecule has 0 aromatic heterocycles. The number of hydrogen-bond donors (Lipinski definition) is 2. The Balaban J connectivity index is 2.17. The molecule has 1 aromatic carbocycles. The number of halogens is 1. The lowest BCUT2D eigenvalue weighted by atomic mass is 9.74. The summed E-state index contributed by atoms with van der Waals surface area (Å²) in [6, 6.07) is 4.08. The summed E-state index contributed by atoms with van der Waals surface area (Å²) in [4.78, 5) is 12.8. The summed E-state index contributed by atoms with van der Waals surface area (Å²) in [5, 5.41) is 6.56. The first-order valence-corrected chi connectivity index (χ1v) is 8.40. The largest absolute Gasteiger partial charge is 0.325 e. The fourth-order valence-electron chi connectivity index (χ4n) is 3.04. The van der Waals surface area contributed by atoms with E-state index in [1.807, 2.05) is 26.0 Å². The highest BCUT2D eigenvalue weighted by Gasteiger charge is 2.37. The van der Waals surface area contributed by atoms with E-state index >= 15 is 0 Å². The molecule has 0 spiro atoms. The third kappa shape index (κ3) is 3.67. The van der Waals surface area contributed by atoms with Crippen LogP contribution in [-0.4, -0.2) is 19.0 Å². The lowest BCUT2D eigenvalue weighted by Crippen LogP contribution is -2.45. The molecule has 3 nitrogen and oxygen atoms in total. The minimum atomic E-state index is -0.362. The molecule has 1 fully saturated rings. The molecule has 1 amide bonds. The van der Waals surface area contributed by atoms with Crippen molar-refractivity contribution in [3.05, 3.63) is 27.7 Å². The lowest BCUT2D eigenvalue weighted by Gasteiger charge is -2.36. The number of benzene rings is 1. The maximum absolute atomic E-state index is 12.8. The monoisotopic (exact) mass is 352 g/mol. The summed E-state index contributed by atoms with van der Waals surface area (Å²) in [5.74, 6) is 0.507. The molecule has 21 heavy (non-hydrogen) atoms. The fourth-order valence-corrected chi connectivity index (χ4v) is 3.72. The molecule has 116 valence electrons. The van der Waals surface area contributed by atoms with Gasteiger partial charge in [-0.25, -0.2) is 0 Å². The van der Waals surface area contributed by atoms with Crippen LogP contribution in [0.3, 0.4) is 0 Å². The van der Waals surface area contributed by atoms with E-state index in [4.69, 9.17) is 0 Å². The first kappa shape index (κ1) is 16.5. The van der Waals surface area contributed by atoms with Gasteiger partial charge in [0.05, 0.1) is 0 Å². The van der Waals surface area contributed by atoms with Crippen molar-refractivity contribution in [2.24, 2.45) is 11.3 Å². The quantitative estimate of drug-likeness (QED) is 0.861. The van der Waals surface area contributed by atoms with Gasteiger partial charge >= 0.3 is 0 Å². The van der Waals surface area contributed by atoms with Gasteiger partial charge in [0.2, 0.25) is 5.91 Å². The Bertz CT molecular complexity index is 511. The third-order valence-corrected chi connectivity index (χ3v) is 5.10. The molecule has 1 atom stereocenters.